The fraction of sp³-hybridized carbons (Fsp3) is 0.471. The number of aromatic nitrogens is 2. The van der Waals surface area contributed by atoms with Gasteiger partial charge >= 0.3 is 0 Å². The summed E-state index contributed by atoms with van der Waals surface area (Å²) in [5.41, 5.74) is 4.13. The van der Waals surface area contributed by atoms with E-state index in [9.17, 15) is 5.11 Å². The Kier molecular flexibility index (Phi) is 4.17. The van der Waals surface area contributed by atoms with E-state index in [1.54, 1.807) is 4.68 Å². The van der Waals surface area contributed by atoms with Crippen molar-refractivity contribution in [1.82, 2.24) is 9.78 Å². The van der Waals surface area contributed by atoms with Gasteiger partial charge in [-0.3, -0.25) is 0 Å². The molecule has 20 heavy (non-hydrogen) atoms. The zero-order valence-corrected chi connectivity index (χ0v) is 13.0. The molecule has 1 heterocycles. The average Bonchev–Trinajstić information content (AvgIpc) is 2.67. The predicted octanol–water partition coefficient (Wildman–Crippen LogP) is 4.34. The highest BCUT2D eigenvalue weighted by Gasteiger charge is 2.21. The maximum absolute atomic E-state index is 10.4. The highest BCUT2D eigenvalue weighted by molar-refractivity contribution is 5.66. The molecule has 0 aliphatic heterocycles. The molecule has 0 amide bonds. The Morgan fingerprint density at radius 1 is 1.10 bits per heavy atom. The van der Waals surface area contributed by atoms with Crippen molar-refractivity contribution >= 4 is 0 Å². The van der Waals surface area contributed by atoms with Gasteiger partial charge in [-0.2, -0.15) is 5.10 Å². The standard InChI is InChI=1S/C17H24N2O/c1-11(2)10-19-17(20)15(12(3)4)16(18-19)14-8-6-13(5)7-9-14/h6-9,11-12,20H,10H2,1-5H3. The fourth-order valence-corrected chi connectivity index (χ4v) is 2.40. The van der Waals surface area contributed by atoms with Gasteiger partial charge in [-0.1, -0.05) is 57.5 Å². The van der Waals surface area contributed by atoms with Crippen molar-refractivity contribution in [3.8, 4) is 17.1 Å². The van der Waals surface area contributed by atoms with E-state index < -0.39 is 0 Å². The lowest BCUT2D eigenvalue weighted by molar-refractivity contribution is 0.367. The maximum Gasteiger partial charge on any atom is 0.213 e. The summed E-state index contributed by atoms with van der Waals surface area (Å²) in [4.78, 5) is 0. The van der Waals surface area contributed by atoms with Crippen molar-refractivity contribution in [2.75, 3.05) is 0 Å². The van der Waals surface area contributed by atoms with Crippen LogP contribution in [0.5, 0.6) is 5.88 Å². The summed E-state index contributed by atoms with van der Waals surface area (Å²) in [6, 6.07) is 8.31. The van der Waals surface area contributed by atoms with Crippen LogP contribution < -0.4 is 0 Å². The number of hydrogen-bond donors (Lipinski definition) is 1. The van der Waals surface area contributed by atoms with Gasteiger partial charge in [0.1, 0.15) is 0 Å². The summed E-state index contributed by atoms with van der Waals surface area (Å²) >= 11 is 0. The molecule has 0 saturated carbocycles. The van der Waals surface area contributed by atoms with Gasteiger partial charge in [0.2, 0.25) is 5.88 Å². The van der Waals surface area contributed by atoms with Crippen molar-refractivity contribution in [1.29, 1.82) is 0 Å². The molecule has 0 bridgehead atoms. The largest absolute Gasteiger partial charge is 0.493 e. The van der Waals surface area contributed by atoms with E-state index >= 15 is 0 Å². The van der Waals surface area contributed by atoms with Gasteiger partial charge in [-0.15, -0.1) is 0 Å². The number of hydrogen-bond acceptors (Lipinski definition) is 2. The van der Waals surface area contributed by atoms with Crippen LogP contribution >= 0.6 is 0 Å². The van der Waals surface area contributed by atoms with Crippen LogP contribution in [-0.4, -0.2) is 14.9 Å². The number of rotatable bonds is 4. The Hall–Kier alpha value is -1.77. The minimum Gasteiger partial charge on any atom is -0.493 e. The van der Waals surface area contributed by atoms with E-state index in [0.717, 1.165) is 23.4 Å². The quantitative estimate of drug-likeness (QED) is 0.899. The molecule has 3 nitrogen and oxygen atoms in total. The van der Waals surface area contributed by atoms with Gasteiger partial charge in [0.05, 0.1) is 5.69 Å². The van der Waals surface area contributed by atoms with E-state index in [1.165, 1.54) is 5.56 Å². The van der Waals surface area contributed by atoms with Crippen LogP contribution in [-0.2, 0) is 6.54 Å². The normalized spacial score (nSPS) is 11.6. The van der Waals surface area contributed by atoms with Crippen LogP contribution in [0.1, 0.15) is 44.7 Å². The molecule has 0 saturated heterocycles. The van der Waals surface area contributed by atoms with Crippen LogP contribution in [0.3, 0.4) is 0 Å². The molecular formula is C17H24N2O. The van der Waals surface area contributed by atoms with Crippen molar-refractivity contribution in [2.24, 2.45) is 5.92 Å². The van der Waals surface area contributed by atoms with E-state index in [0.29, 0.717) is 11.8 Å². The molecule has 0 aliphatic rings. The SMILES string of the molecule is Cc1ccc(-c2nn(CC(C)C)c(O)c2C(C)C)cc1. The maximum atomic E-state index is 10.4. The lowest BCUT2D eigenvalue weighted by atomic mass is 9.98. The van der Waals surface area contributed by atoms with E-state index in [1.807, 2.05) is 0 Å². The summed E-state index contributed by atoms with van der Waals surface area (Å²) in [7, 11) is 0. The lowest BCUT2D eigenvalue weighted by Gasteiger charge is -2.08. The minimum absolute atomic E-state index is 0.243. The second-order valence-corrected chi connectivity index (χ2v) is 6.18. The molecule has 108 valence electrons. The molecule has 2 rings (SSSR count). The molecule has 0 atom stereocenters. The first-order chi connectivity index (χ1) is 9.40. The van der Waals surface area contributed by atoms with Gasteiger partial charge in [0, 0.05) is 17.7 Å². The Labute approximate surface area is 121 Å². The average molecular weight is 272 g/mol. The fourth-order valence-electron chi connectivity index (χ4n) is 2.40. The summed E-state index contributed by atoms with van der Waals surface area (Å²) in [6.07, 6.45) is 0. The highest BCUT2D eigenvalue weighted by atomic mass is 16.3. The Bertz CT molecular complexity index is 580. The second kappa shape index (κ2) is 5.70. The van der Waals surface area contributed by atoms with Gasteiger partial charge < -0.3 is 5.11 Å². The molecular weight excluding hydrogens is 248 g/mol. The summed E-state index contributed by atoms with van der Waals surface area (Å²) in [5.74, 6) is 1.00. The first-order valence-corrected chi connectivity index (χ1v) is 7.26. The molecule has 2 aromatic rings. The first-order valence-electron chi connectivity index (χ1n) is 7.26. The molecule has 0 fully saturated rings. The molecule has 0 spiro atoms. The Morgan fingerprint density at radius 3 is 2.20 bits per heavy atom. The van der Waals surface area contributed by atoms with Crippen LogP contribution in [0.25, 0.3) is 11.3 Å². The Morgan fingerprint density at radius 2 is 1.70 bits per heavy atom. The highest BCUT2D eigenvalue weighted by Crippen LogP contribution is 2.35. The van der Waals surface area contributed by atoms with Crippen LogP contribution in [0.2, 0.25) is 0 Å². The second-order valence-electron chi connectivity index (χ2n) is 6.18. The van der Waals surface area contributed by atoms with E-state index in [4.69, 9.17) is 0 Å². The third-order valence-electron chi connectivity index (χ3n) is 3.40. The lowest BCUT2D eigenvalue weighted by Crippen LogP contribution is -2.05. The third kappa shape index (κ3) is 2.87. The molecule has 3 heteroatoms. The number of aryl methyl sites for hydroxylation is 1. The molecule has 1 aromatic heterocycles. The van der Waals surface area contributed by atoms with Crippen molar-refractivity contribution in [2.45, 2.75) is 47.1 Å². The number of nitrogens with zero attached hydrogens (tertiary/aromatic N) is 2. The molecule has 0 radical (unpaired) electrons. The molecule has 1 N–H and O–H groups in total. The zero-order valence-electron chi connectivity index (χ0n) is 13.0. The smallest absolute Gasteiger partial charge is 0.213 e. The zero-order chi connectivity index (χ0) is 14.9. The molecule has 0 unspecified atom stereocenters. The van der Waals surface area contributed by atoms with Crippen molar-refractivity contribution in [3.63, 3.8) is 0 Å². The molecule has 1 aromatic carbocycles. The minimum atomic E-state index is 0.243. The number of aromatic hydroxyl groups is 1. The van der Waals surface area contributed by atoms with Gasteiger partial charge in [-0.05, 0) is 18.8 Å². The predicted molar refractivity (Wildman–Crippen MR) is 83.0 cm³/mol. The summed E-state index contributed by atoms with van der Waals surface area (Å²) in [5, 5.41) is 15.1. The van der Waals surface area contributed by atoms with Crippen molar-refractivity contribution < 1.29 is 5.11 Å². The summed E-state index contributed by atoms with van der Waals surface area (Å²) in [6.45, 7) is 11.2. The van der Waals surface area contributed by atoms with Gasteiger partial charge in [0.25, 0.3) is 0 Å². The molecule has 0 aliphatic carbocycles. The monoisotopic (exact) mass is 272 g/mol. The van der Waals surface area contributed by atoms with Gasteiger partial charge in [0.15, 0.2) is 0 Å². The van der Waals surface area contributed by atoms with E-state index in [-0.39, 0.29) is 5.92 Å². The Balaban J connectivity index is 2.53. The van der Waals surface area contributed by atoms with Crippen LogP contribution in [0.15, 0.2) is 24.3 Å². The van der Waals surface area contributed by atoms with E-state index in [2.05, 4.69) is 64.0 Å². The topological polar surface area (TPSA) is 38.0 Å². The summed E-state index contributed by atoms with van der Waals surface area (Å²) < 4.78 is 1.73. The number of benzene rings is 1. The van der Waals surface area contributed by atoms with Crippen LogP contribution in [0, 0.1) is 12.8 Å². The third-order valence-corrected chi connectivity index (χ3v) is 3.40. The van der Waals surface area contributed by atoms with Crippen LogP contribution in [0.4, 0.5) is 0 Å². The van der Waals surface area contributed by atoms with Crippen molar-refractivity contribution in [3.05, 3.63) is 35.4 Å². The van der Waals surface area contributed by atoms with Gasteiger partial charge in [-0.25, -0.2) is 4.68 Å². The first kappa shape index (κ1) is 14.6.